The fraction of sp³-hybridized carbons (Fsp3) is 0.286. The number of hydrogen-bond acceptors (Lipinski definition) is 3. The van der Waals surface area contributed by atoms with Gasteiger partial charge in [-0.3, -0.25) is 4.79 Å². The van der Waals surface area contributed by atoms with Gasteiger partial charge in [0.05, 0.1) is 5.25 Å². The van der Waals surface area contributed by atoms with Crippen molar-refractivity contribution in [1.82, 2.24) is 4.72 Å². The van der Waals surface area contributed by atoms with Crippen LogP contribution in [0.4, 0.5) is 5.69 Å². The maximum absolute atomic E-state index is 12.3. The first kappa shape index (κ1) is 20.9. The highest BCUT2D eigenvalue weighted by Crippen LogP contribution is 2.19. The molecule has 0 aromatic heterocycles. The summed E-state index contributed by atoms with van der Waals surface area (Å²) in [5.41, 5.74) is 3.21. The van der Waals surface area contributed by atoms with Crippen molar-refractivity contribution < 1.29 is 13.2 Å². The predicted molar refractivity (Wildman–Crippen MR) is 111 cm³/mol. The monoisotopic (exact) mass is 386 g/mol. The Balaban J connectivity index is 1.97. The number of sulfonamides is 1. The highest BCUT2D eigenvalue weighted by atomic mass is 32.2. The minimum Gasteiger partial charge on any atom is -0.322 e. The number of hydrogen-bond donors (Lipinski definition) is 2. The van der Waals surface area contributed by atoms with E-state index in [0.717, 1.165) is 11.1 Å². The molecular formula is C21H26N2O3S. The molecule has 0 saturated carbocycles. The van der Waals surface area contributed by atoms with Gasteiger partial charge in [0.15, 0.2) is 0 Å². The molecule has 5 nitrogen and oxygen atoms in total. The number of amides is 1. The molecular weight excluding hydrogens is 360 g/mol. The summed E-state index contributed by atoms with van der Waals surface area (Å²) in [6.07, 6.45) is 1.73. The van der Waals surface area contributed by atoms with Gasteiger partial charge < -0.3 is 5.32 Å². The fourth-order valence-electron chi connectivity index (χ4n) is 2.39. The minimum absolute atomic E-state index is 0.0229. The summed E-state index contributed by atoms with van der Waals surface area (Å²) in [6.45, 7) is 9.28. The van der Waals surface area contributed by atoms with Gasteiger partial charge in [-0.05, 0) is 55.2 Å². The van der Waals surface area contributed by atoms with E-state index in [-0.39, 0.29) is 11.8 Å². The van der Waals surface area contributed by atoms with Crippen LogP contribution in [0.5, 0.6) is 0 Å². The van der Waals surface area contributed by atoms with E-state index in [1.54, 1.807) is 32.1 Å². The summed E-state index contributed by atoms with van der Waals surface area (Å²) in [5.74, 6) is -0.161. The van der Waals surface area contributed by atoms with Crippen LogP contribution in [-0.4, -0.2) is 26.1 Å². The minimum atomic E-state index is -3.27. The molecule has 144 valence electrons. The number of nitrogens with one attached hydrogen (secondary N) is 2. The van der Waals surface area contributed by atoms with Crippen LogP contribution >= 0.6 is 0 Å². The molecule has 0 aliphatic carbocycles. The van der Waals surface area contributed by atoms with Crippen LogP contribution in [0.25, 0.3) is 6.08 Å². The molecule has 6 heteroatoms. The highest BCUT2D eigenvalue weighted by Gasteiger charge is 2.17. The third-order valence-corrected chi connectivity index (χ3v) is 6.17. The number of carbonyl (C=O) groups excluding carboxylic acids is 1. The van der Waals surface area contributed by atoms with Gasteiger partial charge in [0.1, 0.15) is 0 Å². The molecule has 0 saturated heterocycles. The first-order valence-corrected chi connectivity index (χ1v) is 10.4. The van der Waals surface area contributed by atoms with Crippen molar-refractivity contribution in [2.75, 3.05) is 11.9 Å². The first-order chi connectivity index (χ1) is 12.7. The van der Waals surface area contributed by atoms with Crippen molar-refractivity contribution in [1.29, 1.82) is 0 Å². The van der Waals surface area contributed by atoms with E-state index in [2.05, 4.69) is 16.6 Å². The molecule has 2 rings (SSSR count). The van der Waals surface area contributed by atoms with Crippen molar-refractivity contribution in [3.05, 3.63) is 71.8 Å². The second-order valence-corrected chi connectivity index (χ2v) is 9.07. The third kappa shape index (κ3) is 5.77. The van der Waals surface area contributed by atoms with Crippen LogP contribution in [-0.2, 0) is 10.0 Å². The molecule has 0 heterocycles. The maximum Gasteiger partial charge on any atom is 0.255 e. The summed E-state index contributed by atoms with van der Waals surface area (Å²) in [5, 5.41) is 2.40. The van der Waals surface area contributed by atoms with E-state index in [4.69, 9.17) is 0 Å². The van der Waals surface area contributed by atoms with Crippen molar-refractivity contribution in [3.63, 3.8) is 0 Å². The lowest BCUT2D eigenvalue weighted by Gasteiger charge is -2.15. The van der Waals surface area contributed by atoms with Gasteiger partial charge in [-0.2, -0.15) is 0 Å². The predicted octanol–water partition coefficient (Wildman–Crippen LogP) is 4.01. The molecule has 0 fully saturated rings. The molecule has 0 aliphatic heterocycles. The van der Waals surface area contributed by atoms with Gasteiger partial charge in [0.2, 0.25) is 10.0 Å². The van der Waals surface area contributed by atoms with E-state index in [1.807, 2.05) is 43.3 Å². The van der Waals surface area contributed by atoms with Crippen LogP contribution in [0.1, 0.15) is 48.2 Å². The molecule has 2 N–H and O–H groups in total. The van der Waals surface area contributed by atoms with E-state index in [1.165, 1.54) is 0 Å². The van der Waals surface area contributed by atoms with Gasteiger partial charge in [0.25, 0.3) is 5.91 Å². The normalized spacial score (nSPS) is 12.6. The molecule has 0 radical (unpaired) electrons. The molecule has 2 aromatic rings. The highest BCUT2D eigenvalue weighted by molar-refractivity contribution is 7.90. The van der Waals surface area contributed by atoms with Gasteiger partial charge in [-0.25, -0.2) is 13.1 Å². The average Bonchev–Trinajstić information content (AvgIpc) is 2.66. The lowest BCUT2D eigenvalue weighted by atomic mass is 10.0. The second kappa shape index (κ2) is 8.97. The summed E-state index contributed by atoms with van der Waals surface area (Å²) in [6, 6.07) is 14.6. The zero-order valence-electron chi connectivity index (χ0n) is 15.9. The second-order valence-electron chi connectivity index (χ2n) is 6.75. The van der Waals surface area contributed by atoms with Gasteiger partial charge in [0, 0.05) is 17.8 Å². The number of benzene rings is 2. The Bertz CT molecular complexity index is 886. The number of rotatable bonds is 8. The van der Waals surface area contributed by atoms with E-state index in [0.29, 0.717) is 17.8 Å². The van der Waals surface area contributed by atoms with Crippen molar-refractivity contribution in [2.45, 2.75) is 31.9 Å². The van der Waals surface area contributed by atoms with Crippen LogP contribution in [0, 0.1) is 0 Å². The van der Waals surface area contributed by atoms with E-state index < -0.39 is 15.3 Å². The maximum atomic E-state index is 12.3. The first-order valence-electron chi connectivity index (χ1n) is 8.85. The average molecular weight is 387 g/mol. The lowest BCUT2D eigenvalue weighted by molar-refractivity contribution is 0.102. The van der Waals surface area contributed by atoms with E-state index in [9.17, 15) is 13.2 Å². The van der Waals surface area contributed by atoms with Crippen molar-refractivity contribution in [3.8, 4) is 0 Å². The molecule has 0 bridgehead atoms. The lowest BCUT2D eigenvalue weighted by Crippen LogP contribution is -2.33. The Labute approximate surface area is 161 Å². The molecule has 27 heavy (non-hydrogen) atoms. The van der Waals surface area contributed by atoms with Gasteiger partial charge in [-0.15, -0.1) is 0 Å². The SMILES string of the molecule is C=Cc1ccc(C(=O)Nc2ccc(C(C)CNS(=O)(=O)C(C)C)cc2)cc1. The van der Waals surface area contributed by atoms with Gasteiger partial charge >= 0.3 is 0 Å². The van der Waals surface area contributed by atoms with Gasteiger partial charge in [-0.1, -0.05) is 43.8 Å². The molecule has 1 unspecified atom stereocenters. The zero-order chi connectivity index (χ0) is 20.0. The molecule has 1 atom stereocenters. The van der Waals surface area contributed by atoms with Crippen LogP contribution in [0.15, 0.2) is 55.1 Å². The van der Waals surface area contributed by atoms with Crippen molar-refractivity contribution in [2.24, 2.45) is 0 Å². The van der Waals surface area contributed by atoms with Crippen LogP contribution in [0.3, 0.4) is 0 Å². The fourth-order valence-corrected chi connectivity index (χ4v) is 3.21. The largest absolute Gasteiger partial charge is 0.322 e. The van der Waals surface area contributed by atoms with Crippen molar-refractivity contribution >= 4 is 27.7 Å². The smallest absolute Gasteiger partial charge is 0.255 e. The quantitative estimate of drug-likeness (QED) is 0.720. The molecule has 0 aliphatic rings. The summed E-state index contributed by atoms with van der Waals surface area (Å²) < 4.78 is 26.3. The molecule has 2 aromatic carbocycles. The summed E-state index contributed by atoms with van der Waals surface area (Å²) >= 11 is 0. The molecule has 1 amide bonds. The summed E-state index contributed by atoms with van der Waals surface area (Å²) in [7, 11) is -3.27. The third-order valence-electron chi connectivity index (χ3n) is 4.36. The topological polar surface area (TPSA) is 75.3 Å². The standard InChI is InChI=1S/C21H26N2O3S/c1-5-17-6-8-19(9-7-17)21(24)23-20-12-10-18(11-13-20)16(4)14-22-27(25,26)15(2)3/h5-13,15-16,22H,1,14H2,2-4H3,(H,23,24). The zero-order valence-corrected chi connectivity index (χ0v) is 16.7. The van der Waals surface area contributed by atoms with Crippen LogP contribution in [0.2, 0.25) is 0 Å². The Morgan fingerprint density at radius 2 is 1.63 bits per heavy atom. The summed E-state index contributed by atoms with van der Waals surface area (Å²) in [4.78, 5) is 12.3. The Kier molecular flexibility index (Phi) is 6.93. The van der Waals surface area contributed by atoms with E-state index >= 15 is 0 Å². The Morgan fingerprint density at radius 3 is 2.15 bits per heavy atom. The Hall–Kier alpha value is -2.44. The number of carbonyl (C=O) groups is 1. The number of anilines is 1. The van der Waals surface area contributed by atoms with Crippen LogP contribution < -0.4 is 10.0 Å². The molecule has 0 spiro atoms. The Morgan fingerprint density at radius 1 is 1.04 bits per heavy atom.